The van der Waals surface area contributed by atoms with E-state index in [1.807, 2.05) is 0 Å². The molecule has 0 amide bonds. The van der Waals surface area contributed by atoms with E-state index in [0.717, 1.165) is 12.8 Å². The monoisotopic (exact) mass is 222 g/mol. The number of hydrogen-bond donors (Lipinski definition) is 1. The lowest BCUT2D eigenvalue weighted by molar-refractivity contribution is -0.0729. The van der Waals surface area contributed by atoms with Gasteiger partial charge in [0.25, 0.3) is 0 Å². The molecule has 1 aromatic heterocycles. The van der Waals surface area contributed by atoms with Crippen LogP contribution in [-0.4, -0.2) is 23.3 Å². The van der Waals surface area contributed by atoms with E-state index in [4.69, 9.17) is 15.2 Å². The second-order valence-electron chi connectivity index (χ2n) is 4.40. The molecular weight excluding hydrogens is 204 g/mol. The minimum atomic E-state index is 0.190. The Kier molecular flexibility index (Phi) is 3.29. The lowest BCUT2D eigenvalue weighted by Crippen LogP contribution is -2.35. The maximum Gasteiger partial charge on any atom is 0.213 e. The smallest absolute Gasteiger partial charge is 0.213 e. The summed E-state index contributed by atoms with van der Waals surface area (Å²) in [6, 6.07) is 3.61. The van der Waals surface area contributed by atoms with Gasteiger partial charge in [-0.05, 0) is 19.9 Å². The van der Waals surface area contributed by atoms with Crippen molar-refractivity contribution in [1.29, 1.82) is 0 Å². The Morgan fingerprint density at radius 1 is 1.31 bits per heavy atom. The van der Waals surface area contributed by atoms with Gasteiger partial charge in [0, 0.05) is 18.9 Å². The average molecular weight is 222 g/mol. The Balaban J connectivity index is 1.96. The fourth-order valence-electron chi connectivity index (χ4n) is 2.07. The fourth-order valence-corrected chi connectivity index (χ4v) is 2.07. The number of rotatable bonds is 2. The van der Waals surface area contributed by atoms with Crippen LogP contribution in [-0.2, 0) is 4.74 Å². The Morgan fingerprint density at radius 2 is 2.00 bits per heavy atom. The average Bonchev–Trinajstić information content (AvgIpc) is 2.20. The molecule has 1 aliphatic rings. The van der Waals surface area contributed by atoms with E-state index in [1.54, 1.807) is 18.3 Å². The van der Waals surface area contributed by atoms with E-state index >= 15 is 0 Å². The van der Waals surface area contributed by atoms with Crippen molar-refractivity contribution in [2.45, 2.75) is 45.0 Å². The molecular formula is C12H18N2O2. The highest BCUT2D eigenvalue weighted by atomic mass is 16.5. The second-order valence-corrected chi connectivity index (χ2v) is 4.40. The summed E-state index contributed by atoms with van der Waals surface area (Å²) in [6.45, 7) is 4.14. The molecule has 0 spiro atoms. The van der Waals surface area contributed by atoms with Crippen LogP contribution in [0, 0.1) is 0 Å². The zero-order valence-electron chi connectivity index (χ0n) is 9.72. The summed E-state index contributed by atoms with van der Waals surface area (Å²) in [4.78, 5) is 4.13. The summed E-state index contributed by atoms with van der Waals surface area (Å²) in [6.07, 6.45) is 4.13. The van der Waals surface area contributed by atoms with Gasteiger partial charge in [-0.2, -0.15) is 0 Å². The zero-order chi connectivity index (χ0) is 11.5. The van der Waals surface area contributed by atoms with Crippen LogP contribution in [0.2, 0.25) is 0 Å². The first-order valence-corrected chi connectivity index (χ1v) is 5.67. The zero-order valence-corrected chi connectivity index (χ0v) is 9.72. The van der Waals surface area contributed by atoms with Crippen molar-refractivity contribution in [3.63, 3.8) is 0 Å². The molecule has 2 rings (SSSR count). The van der Waals surface area contributed by atoms with Crippen molar-refractivity contribution >= 4 is 5.69 Å². The molecule has 0 aromatic carbocycles. The lowest BCUT2D eigenvalue weighted by atomic mass is 10.0. The third-order valence-corrected chi connectivity index (χ3v) is 2.70. The number of nitrogen functional groups attached to an aromatic ring is 1. The first-order valence-electron chi connectivity index (χ1n) is 5.67. The van der Waals surface area contributed by atoms with Crippen LogP contribution in [0.3, 0.4) is 0 Å². The SMILES string of the molecule is CC1CC(Oc2ccc(N)cn2)CC(C)O1. The predicted molar refractivity (Wildman–Crippen MR) is 62.3 cm³/mol. The lowest BCUT2D eigenvalue weighted by Gasteiger charge is -2.31. The predicted octanol–water partition coefficient (Wildman–Crippen LogP) is 2.00. The van der Waals surface area contributed by atoms with Gasteiger partial charge in [0.1, 0.15) is 6.10 Å². The van der Waals surface area contributed by atoms with Gasteiger partial charge in [-0.25, -0.2) is 4.98 Å². The van der Waals surface area contributed by atoms with Crippen molar-refractivity contribution in [2.75, 3.05) is 5.73 Å². The summed E-state index contributed by atoms with van der Waals surface area (Å²) in [5.41, 5.74) is 6.22. The standard InChI is InChI=1S/C12H18N2O2/c1-8-5-11(6-9(2)15-8)16-12-4-3-10(13)7-14-12/h3-4,7-9,11H,5-6,13H2,1-2H3. The molecule has 1 saturated heterocycles. The molecule has 2 atom stereocenters. The number of hydrogen-bond acceptors (Lipinski definition) is 4. The Morgan fingerprint density at radius 3 is 2.56 bits per heavy atom. The third-order valence-electron chi connectivity index (χ3n) is 2.70. The van der Waals surface area contributed by atoms with Gasteiger partial charge in [-0.1, -0.05) is 0 Å². The van der Waals surface area contributed by atoms with Crippen LogP contribution in [0.4, 0.5) is 5.69 Å². The molecule has 0 radical (unpaired) electrons. The normalized spacial score (nSPS) is 30.0. The van der Waals surface area contributed by atoms with Crippen molar-refractivity contribution in [3.05, 3.63) is 18.3 Å². The van der Waals surface area contributed by atoms with E-state index < -0.39 is 0 Å². The molecule has 1 aliphatic heterocycles. The molecule has 2 N–H and O–H groups in total. The first kappa shape index (κ1) is 11.2. The van der Waals surface area contributed by atoms with Gasteiger partial charge >= 0.3 is 0 Å². The molecule has 4 nitrogen and oxygen atoms in total. The summed E-state index contributed by atoms with van der Waals surface area (Å²) < 4.78 is 11.5. The fraction of sp³-hybridized carbons (Fsp3) is 0.583. The highest BCUT2D eigenvalue weighted by Gasteiger charge is 2.25. The Hall–Kier alpha value is -1.29. The molecule has 88 valence electrons. The largest absolute Gasteiger partial charge is 0.474 e. The molecule has 1 aromatic rings. The topological polar surface area (TPSA) is 57.4 Å². The molecule has 16 heavy (non-hydrogen) atoms. The van der Waals surface area contributed by atoms with Gasteiger partial charge in [0.2, 0.25) is 5.88 Å². The van der Waals surface area contributed by atoms with Crippen LogP contribution < -0.4 is 10.5 Å². The number of aromatic nitrogens is 1. The molecule has 2 heterocycles. The molecule has 0 saturated carbocycles. The molecule has 0 bridgehead atoms. The number of pyridine rings is 1. The van der Waals surface area contributed by atoms with E-state index in [0.29, 0.717) is 11.6 Å². The highest BCUT2D eigenvalue weighted by molar-refractivity contribution is 5.36. The quantitative estimate of drug-likeness (QED) is 0.831. The molecule has 2 unspecified atom stereocenters. The number of anilines is 1. The Labute approximate surface area is 95.8 Å². The van der Waals surface area contributed by atoms with Gasteiger partial charge in [0.15, 0.2) is 0 Å². The van der Waals surface area contributed by atoms with Gasteiger partial charge in [-0.15, -0.1) is 0 Å². The number of nitrogens with two attached hydrogens (primary N) is 1. The van der Waals surface area contributed by atoms with Crippen LogP contribution in [0.15, 0.2) is 18.3 Å². The highest BCUT2D eigenvalue weighted by Crippen LogP contribution is 2.23. The summed E-state index contributed by atoms with van der Waals surface area (Å²) in [5, 5.41) is 0. The maximum atomic E-state index is 5.80. The second kappa shape index (κ2) is 4.70. The van der Waals surface area contributed by atoms with Crippen LogP contribution in [0.25, 0.3) is 0 Å². The van der Waals surface area contributed by atoms with E-state index in [2.05, 4.69) is 18.8 Å². The maximum absolute atomic E-state index is 5.80. The van der Waals surface area contributed by atoms with E-state index in [1.165, 1.54) is 0 Å². The third kappa shape index (κ3) is 2.85. The summed E-state index contributed by atoms with van der Waals surface area (Å²) in [5.74, 6) is 0.639. The van der Waals surface area contributed by atoms with Crippen molar-refractivity contribution in [3.8, 4) is 5.88 Å². The van der Waals surface area contributed by atoms with Crippen molar-refractivity contribution in [1.82, 2.24) is 4.98 Å². The van der Waals surface area contributed by atoms with E-state index in [-0.39, 0.29) is 18.3 Å². The minimum absolute atomic E-state index is 0.190. The van der Waals surface area contributed by atoms with Crippen LogP contribution in [0.5, 0.6) is 5.88 Å². The van der Waals surface area contributed by atoms with Crippen LogP contribution >= 0.6 is 0 Å². The van der Waals surface area contributed by atoms with E-state index in [9.17, 15) is 0 Å². The van der Waals surface area contributed by atoms with Gasteiger partial charge in [0.05, 0.1) is 24.1 Å². The molecule has 1 fully saturated rings. The van der Waals surface area contributed by atoms with Gasteiger partial charge in [-0.3, -0.25) is 0 Å². The molecule has 4 heteroatoms. The van der Waals surface area contributed by atoms with Crippen LogP contribution in [0.1, 0.15) is 26.7 Å². The summed E-state index contributed by atoms with van der Waals surface area (Å²) >= 11 is 0. The minimum Gasteiger partial charge on any atom is -0.474 e. The van der Waals surface area contributed by atoms with Crippen molar-refractivity contribution < 1.29 is 9.47 Å². The number of ether oxygens (including phenoxy) is 2. The molecule has 0 aliphatic carbocycles. The number of nitrogens with zero attached hydrogens (tertiary/aromatic N) is 1. The van der Waals surface area contributed by atoms with Gasteiger partial charge < -0.3 is 15.2 Å². The van der Waals surface area contributed by atoms with Crippen molar-refractivity contribution in [2.24, 2.45) is 0 Å². The summed E-state index contributed by atoms with van der Waals surface area (Å²) in [7, 11) is 0. The Bertz CT molecular complexity index is 329. The first-order chi connectivity index (χ1) is 7.63.